The minimum atomic E-state index is 0. The van der Waals surface area contributed by atoms with E-state index in [4.69, 9.17) is 4.91 Å². The number of nitrogens with zero attached hydrogens (tertiary/aromatic N) is 1. The summed E-state index contributed by atoms with van der Waals surface area (Å²) in [6.45, 7) is 2.38. The molecule has 0 aliphatic carbocycles. The summed E-state index contributed by atoms with van der Waals surface area (Å²) in [5.74, 6) is 0. The van der Waals surface area contributed by atoms with Crippen molar-refractivity contribution in [3.05, 3.63) is 4.91 Å². The number of hydrogen-bond acceptors (Lipinski definition) is 2. The molecule has 0 aromatic carbocycles. The molecule has 0 spiro atoms. The van der Waals surface area contributed by atoms with E-state index in [0.717, 1.165) is 6.42 Å². The summed E-state index contributed by atoms with van der Waals surface area (Å²) in [7, 11) is 0. The fraction of sp³-hybridized carbons (Fsp3) is 1.00. The second kappa shape index (κ2) is 9.14. The van der Waals surface area contributed by atoms with Crippen molar-refractivity contribution in [2.24, 2.45) is 5.18 Å². The zero-order chi connectivity index (χ0) is 4.12. The van der Waals surface area contributed by atoms with E-state index in [1.807, 2.05) is 6.92 Å². The summed E-state index contributed by atoms with van der Waals surface area (Å²) in [6.07, 6.45) is 0.865. The van der Waals surface area contributed by atoms with Crippen molar-refractivity contribution in [2.45, 2.75) is 13.3 Å². The molecule has 2 nitrogen and oxygen atoms in total. The van der Waals surface area contributed by atoms with Crippen LogP contribution in [0.3, 0.4) is 0 Å². The predicted molar refractivity (Wildman–Crippen MR) is 28.1 cm³/mol. The Bertz CT molecular complexity index is 32.0. The molecule has 0 saturated heterocycles. The van der Waals surface area contributed by atoms with Gasteiger partial charge >= 0.3 is 29.6 Å². The van der Waals surface area contributed by atoms with Crippen LogP contribution < -0.4 is 0 Å². The van der Waals surface area contributed by atoms with E-state index in [0.29, 0.717) is 6.54 Å². The Labute approximate surface area is 59.6 Å². The molecule has 0 atom stereocenters. The summed E-state index contributed by atoms with van der Waals surface area (Å²) in [4.78, 5) is 9.15. The van der Waals surface area contributed by atoms with E-state index in [1.165, 1.54) is 0 Å². The van der Waals surface area contributed by atoms with E-state index in [9.17, 15) is 0 Å². The van der Waals surface area contributed by atoms with Crippen LogP contribution in [0.15, 0.2) is 5.18 Å². The van der Waals surface area contributed by atoms with Gasteiger partial charge in [0.1, 0.15) is 0 Å². The number of hydrogen-bond donors (Lipinski definition) is 0. The topological polar surface area (TPSA) is 29.4 Å². The summed E-state index contributed by atoms with van der Waals surface area (Å²) >= 11 is 0. The molecule has 6 heavy (non-hydrogen) atoms. The van der Waals surface area contributed by atoms with Gasteiger partial charge in [0, 0.05) is 0 Å². The number of rotatable bonds is 2. The van der Waals surface area contributed by atoms with Gasteiger partial charge < -0.3 is 0 Å². The summed E-state index contributed by atoms with van der Waals surface area (Å²) in [5.41, 5.74) is 0. The van der Waals surface area contributed by atoms with Crippen LogP contribution in [0.25, 0.3) is 0 Å². The molecule has 0 N–H and O–H groups in total. The van der Waals surface area contributed by atoms with Crippen molar-refractivity contribution in [3.63, 3.8) is 0 Å². The molecule has 3 heteroatoms. The second-order valence-electron chi connectivity index (χ2n) is 0.853. The van der Waals surface area contributed by atoms with Crippen molar-refractivity contribution in [3.8, 4) is 0 Å². The van der Waals surface area contributed by atoms with Crippen molar-refractivity contribution >= 4 is 29.6 Å². The van der Waals surface area contributed by atoms with Gasteiger partial charge in [0.05, 0.1) is 6.54 Å². The van der Waals surface area contributed by atoms with Crippen molar-refractivity contribution in [1.29, 1.82) is 0 Å². The second-order valence-corrected chi connectivity index (χ2v) is 0.853. The molecule has 0 unspecified atom stereocenters. The Morgan fingerprint density at radius 1 is 1.67 bits per heavy atom. The molecule has 0 aromatic rings. The first kappa shape index (κ1) is 9.78. The minimum absolute atomic E-state index is 0. The molecular weight excluding hydrogens is 89.0 g/mol. The molecule has 0 saturated carbocycles. The van der Waals surface area contributed by atoms with Crippen LogP contribution in [0.4, 0.5) is 0 Å². The standard InChI is InChI=1S/C3H7NO.Na.H/c1-2-3-4-5;;/h2-3H2,1H3;;. The number of nitroso groups, excluding NO2 is 1. The molecule has 0 fully saturated rings. The van der Waals surface area contributed by atoms with Crippen LogP contribution in [0.5, 0.6) is 0 Å². The molecule has 0 aliphatic rings. The van der Waals surface area contributed by atoms with Crippen molar-refractivity contribution in [1.82, 2.24) is 0 Å². The van der Waals surface area contributed by atoms with Crippen LogP contribution in [-0.4, -0.2) is 36.1 Å². The van der Waals surface area contributed by atoms with E-state index >= 15 is 0 Å². The van der Waals surface area contributed by atoms with Gasteiger partial charge in [-0.2, -0.15) is 4.91 Å². The molecule has 0 amide bonds. The first-order valence-electron chi connectivity index (χ1n) is 1.71. The van der Waals surface area contributed by atoms with Crippen LogP contribution in [0, 0.1) is 4.91 Å². The summed E-state index contributed by atoms with van der Waals surface area (Å²) in [6, 6.07) is 0. The zero-order valence-corrected chi connectivity index (χ0v) is 3.27. The zero-order valence-electron chi connectivity index (χ0n) is 3.27. The predicted octanol–water partition coefficient (Wildman–Crippen LogP) is 0.514. The summed E-state index contributed by atoms with van der Waals surface area (Å²) in [5, 5.41) is 2.60. The van der Waals surface area contributed by atoms with Gasteiger partial charge in [0.15, 0.2) is 0 Å². The molecule has 32 valence electrons. The first-order valence-corrected chi connectivity index (χ1v) is 1.71. The van der Waals surface area contributed by atoms with Gasteiger partial charge in [-0.3, -0.25) is 0 Å². The Hall–Kier alpha value is 0.600. The monoisotopic (exact) mass is 97.1 g/mol. The molecule has 0 bridgehead atoms. The molecular formula is C3H8NNaO. The average Bonchev–Trinajstić information content (AvgIpc) is 1.41. The quantitative estimate of drug-likeness (QED) is 0.364. The Morgan fingerprint density at radius 3 is 2.17 bits per heavy atom. The first-order chi connectivity index (χ1) is 2.41. The van der Waals surface area contributed by atoms with Gasteiger partial charge in [0.2, 0.25) is 0 Å². The van der Waals surface area contributed by atoms with E-state index < -0.39 is 0 Å². The fourth-order valence-electron chi connectivity index (χ4n) is 0.0913. The average molecular weight is 97.1 g/mol. The Balaban J connectivity index is 0. The van der Waals surface area contributed by atoms with Crippen molar-refractivity contribution in [2.75, 3.05) is 6.54 Å². The van der Waals surface area contributed by atoms with Gasteiger partial charge in [-0.15, -0.1) is 0 Å². The van der Waals surface area contributed by atoms with Crippen molar-refractivity contribution < 1.29 is 0 Å². The third-order valence-corrected chi connectivity index (χ3v) is 0.315. The fourth-order valence-corrected chi connectivity index (χ4v) is 0.0913. The summed E-state index contributed by atoms with van der Waals surface area (Å²) < 4.78 is 0. The molecule has 0 heterocycles. The molecule has 0 aliphatic heterocycles. The van der Waals surface area contributed by atoms with Crippen LogP contribution >= 0.6 is 0 Å². The van der Waals surface area contributed by atoms with Gasteiger partial charge in [-0.05, 0) is 6.42 Å². The SMILES string of the molecule is CCCN=O.[NaH]. The molecule has 0 radical (unpaired) electrons. The molecule has 0 aromatic heterocycles. The maximum atomic E-state index is 9.15. The van der Waals surface area contributed by atoms with E-state index in [2.05, 4.69) is 5.18 Å². The van der Waals surface area contributed by atoms with E-state index in [-0.39, 0.29) is 29.6 Å². The van der Waals surface area contributed by atoms with Crippen LogP contribution in [0.2, 0.25) is 0 Å². The van der Waals surface area contributed by atoms with Crippen LogP contribution in [0.1, 0.15) is 13.3 Å². The van der Waals surface area contributed by atoms with Gasteiger partial charge in [0.25, 0.3) is 0 Å². The van der Waals surface area contributed by atoms with E-state index in [1.54, 1.807) is 0 Å². The third-order valence-electron chi connectivity index (χ3n) is 0.315. The Kier molecular flexibility index (Phi) is 14.9. The maximum absolute atomic E-state index is 9.15. The third kappa shape index (κ3) is 8.82. The Morgan fingerprint density at radius 2 is 2.17 bits per heavy atom. The molecule has 0 rings (SSSR count). The normalized spacial score (nSPS) is 6.17. The van der Waals surface area contributed by atoms with Gasteiger partial charge in [-0.1, -0.05) is 12.1 Å². The van der Waals surface area contributed by atoms with Gasteiger partial charge in [-0.25, -0.2) is 0 Å². The van der Waals surface area contributed by atoms with Crippen LogP contribution in [-0.2, 0) is 0 Å².